The van der Waals surface area contributed by atoms with Crippen LogP contribution in [0.4, 0.5) is 4.39 Å². The van der Waals surface area contributed by atoms with E-state index in [2.05, 4.69) is 5.32 Å². The van der Waals surface area contributed by atoms with E-state index < -0.39 is 0 Å². The Labute approximate surface area is 112 Å². The van der Waals surface area contributed by atoms with Gasteiger partial charge < -0.3 is 10.4 Å². The highest BCUT2D eigenvalue weighted by Gasteiger charge is 2.19. The van der Waals surface area contributed by atoms with Gasteiger partial charge in [-0.3, -0.25) is 0 Å². The van der Waals surface area contributed by atoms with E-state index in [-0.39, 0.29) is 11.9 Å². The van der Waals surface area contributed by atoms with Crippen LogP contribution < -0.4 is 5.32 Å². The molecule has 0 aliphatic heterocycles. The van der Waals surface area contributed by atoms with Crippen molar-refractivity contribution >= 4 is 11.6 Å². The van der Waals surface area contributed by atoms with Crippen molar-refractivity contribution in [2.24, 2.45) is 5.92 Å². The molecule has 0 aromatic heterocycles. The van der Waals surface area contributed by atoms with E-state index in [4.69, 9.17) is 11.6 Å². The van der Waals surface area contributed by atoms with Gasteiger partial charge >= 0.3 is 0 Å². The molecule has 1 saturated carbocycles. The zero-order valence-electron chi connectivity index (χ0n) is 10.3. The number of hydrogen-bond acceptors (Lipinski definition) is 2. The Balaban J connectivity index is 1.78. The molecule has 0 bridgehead atoms. The zero-order valence-corrected chi connectivity index (χ0v) is 11.1. The molecule has 1 aromatic rings. The van der Waals surface area contributed by atoms with Gasteiger partial charge in [-0.25, -0.2) is 4.39 Å². The summed E-state index contributed by atoms with van der Waals surface area (Å²) in [5.74, 6) is 0.327. The fraction of sp³-hybridized carbons (Fsp3) is 0.571. The van der Waals surface area contributed by atoms with Crippen molar-refractivity contribution in [3.63, 3.8) is 0 Å². The highest BCUT2D eigenvalue weighted by Crippen LogP contribution is 2.24. The number of hydrogen-bond donors (Lipinski definition) is 2. The molecule has 2 N–H and O–H groups in total. The SMILES string of the molecule is OC1CCC(CNCc2c(F)cccc2Cl)CC1. The van der Waals surface area contributed by atoms with Crippen LogP contribution in [0.25, 0.3) is 0 Å². The Morgan fingerprint density at radius 1 is 1.28 bits per heavy atom. The summed E-state index contributed by atoms with van der Waals surface area (Å²) in [7, 11) is 0. The minimum atomic E-state index is -0.255. The summed E-state index contributed by atoms with van der Waals surface area (Å²) >= 11 is 5.96. The number of benzene rings is 1. The van der Waals surface area contributed by atoms with Crippen molar-refractivity contribution in [2.75, 3.05) is 6.54 Å². The van der Waals surface area contributed by atoms with Gasteiger partial charge in [-0.05, 0) is 50.3 Å². The van der Waals surface area contributed by atoms with Gasteiger partial charge in [-0.2, -0.15) is 0 Å². The molecule has 0 radical (unpaired) electrons. The van der Waals surface area contributed by atoms with Crippen LogP contribution in [0, 0.1) is 11.7 Å². The number of aliphatic hydroxyl groups excluding tert-OH is 1. The third-order valence-electron chi connectivity index (χ3n) is 3.61. The van der Waals surface area contributed by atoms with Crippen LogP contribution in [0.5, 0.6) is 0 Å². The first-order valence-electron chi connectivity index (χ1n) is 6.48. The van der Waals surface area contributed by atoms with Crippen molar-refractivity contribution in [3.8, 4) is 0 Å². The molecule has 100 valence electrons. The number of nitrogens with one attached hydrogen (secondary N) is 1. The lowest BCUT2D eigenvalue weighted by Gasteiger charge is -2.25. The minimum absolute atomic E-state index is 0.123. The average Bonchev–Trinajstić information content (AvgIpc) is 2.35. The largest absolute Gasteiger partial charge is 0.393 e. The van der Waals surface area contributed by atoms with E-state index >= 15 is 0 Å². The molecule has 1 aliphatic carbocycles. The normalized spacial score (nSPS) is 24.2. The third kappa shape index (κ3) is 3.67. The maximum atomic E-state index is 13.5. The monoisotopic (exact) mass is 271 g/mol. The molecule has 0 atom stereocenters. The number of aliphatic hydroxyl groups is 1. The Bertz CT molecular complexity index is 371. The van der Waals surface area contributed by atoms with Crippen LogP contribution in [0.1, 0.15) is 31.2 Å². The highest BCUT2D eigenvalue weighted by atomic mass is 35.5. The van der Waals surface area contributed by atoms with Gasteiger partial charge in [0.25, 0.3) is 0 Å². The molecular weight excluding hydrogens is 253 g/mol. The van der Waals surface area contributed by atoms with Gasteiger partial charge in [-0.15, -0.1) is 0 Å². The van der Waals surface area contributed by atoms with Crippen molar-refractivity contribution in [2.45, 2.75) is 38.3 Å². The molecule has 4 heteroatoms. The van der Waals surface area contributed by atoms with Crippen molar-refractivity contribution in [1.82, 2.24) is 5.32 Å². The molecule has 2 rings (SSSR count). The lowest BCUT2D eigenvalue weighted by atomic mass is 9.87. The van der Waals surface area contributed by atoms with E-state index in [0.717, 1.165) is 32.2 Å². The predicted octanol–water partition coefficient (Wildman–Crippen LogP) is 3.12. The minimum Gasteiger partial charge on any atom is -0.393 e. The first-order chi connectivity index (χ1) is 8.66. The van der Waals surface area contributed by atoms with E-state index in [1.807, 2.05) is 0 Å². The molecule has 18 heavy (non-hydrogen) atoms. The molecule has 1 fully saturated rings. The molecular formula is C14H19ClFNO. The van der Waals surface area contributed by atoms with Gasteiger partial charge in [0.15, 0.2) is 0 Å². The van der Waals surface area contributed by atoms with E-state index in [1.54, 1.807) is 12.1 Å². The summed E-state index contributed by atoms with van der Waals surface area (Å²) in [6.07, 6.45) is 3.72. The van der Waals surface area contributed by atoms with Crippen LogP contribution in [-0.4, -0.2) is 17.8 Å². The van der Waals surface area contributed by atoms with E-state index in [9.17, 15) is 9.50 Å². The quantitative estimate of drug-likeness (QED) is 0.882. The molecule has 0 amide bonds. The van der Waals surface area contributed by atoms with Gasteiger partial charge in [0.05, 0.1) is 6.10 Å². The molecule has 1 aliphatic rings. The second-order valence-electron chi connectivity index (χ2n) is 5.01. The van der Waals surface area contributed by atoms with Crippen molar-refractivity contribution < 1.29 is 9.50 Å². The smallest absolute Gasteiger partial charge is 0.129 e. The van der Waals surface area contributed by atoms with E-state index in [1.165, 1.54) is 6.07 Å². The highest BCUT2D eigenvalue weighted by molar-refractivity contribution is 6.31. The molecule has 1 aromatic carbocycles. The van der Waals surface area contributed by atoms with Crippen LogP contribution in [0.2, 0.25) is 5.02 Å². The molecule has 0 saturated heterocycles. The Hall–Kier alpha value is -0.640. The second kappa shape index (κ2) is 6.50. The van der Waals surface area contributed by atoms with Crippen molar-refractivity contribution in [3.05, 3.63) is 34.6 Å². The summed E-state index contributed by atoms with van der Waals surface area (Å²) in [6.45, 7) is 1.32. The fourth-order valence-corrected chi connectivity index (χ4v) is 2.68. The maximum Gasteiger partial charge on any atom is 0.129 e. The van der Waals surface area contributed by atoms with Crippen LogP contribution >= 0.6 is 11.6 Å². The first kappa shape index (κ1) is 13.8. The van der Waals surface area contributed by atoms with Gasteiger partial charge in [0.2, 0.25) is 0 Å². The Morgan fingerprint density at radius 3 is 2.67 bits per heavy atom. The zero-order chi connectivity index (χ0) is 13.0. The van der Waals surface area contributed by atoms with Crippen LogP contribution in [0.15, 0.2) is 18.2 Å². The summed E-state index contributed by atoms with van der Waals surface area (Å²) in [4.78, 5) is 0. The molecule has 0 unspecified atom stereocenters. The second-order valence-corrected chi connectivity index (χ2v) is 5.41. The van der Waals surface area contributed by atoms with E-state index in [0.29, 0.717) is 23.0 Å². The molecule has 2 nitrogen and oxygen atoms in total. The van der Waals surface area contributed by atoms with Gasteiger partial charge in [-0.1, -0.05) is 17.7 Å². The average molecular weight is 272 g/mol. The summed E-state index contributed by atoms with van der Waals surface area (Å²) in [5, 5.41) is 13.2. The number of halogens is 2. The molecule has 0 spiro atoms. The Kier molecular flexibility index (Phi) is 4.98. The van der Waals surface area contributed by atoms with Crippen LogP contribution in [0.3, 0.4) is 0 Å². The number of rotatable bonds is 4. The summed E-state index contributed by atoms with van der Waals surface area (Å²) < 4.78 is 13.5. The Morgan fingerprint density at radius 2 is 2.00 bits per heavy atom. The predicted molar refractivity (Wildman–Crippen MR) is 71.1 cm³/mol. The lowest BCUT2D eigenvalue weighted by molar-refractivity contribution is 0.108. The third-order valence-corrected chi connectivity index (χ3v) is 3.97. The van der Waals surface area contributed by atoms with Crippen molar-refractivity contribution in [1.29, 1.82) is 0 Å². The van der Waals surface area contributed by atoms with Gasteiger partial charge in [0, 0.05) is 17.1 Å². The molecule has 0 heterocycles. The first-order valence-corrected chi connectivity index (χ1v) is 6.86. The van der Waals surface area contributed by atoms with Gasteiger partial charge in [0.1, 0.15) is 5.82 Å². The lowest BCUT2D eigenvalue weighted by Crippen LogP contribution is -2.28. The summed E-state index contributed by atoms with van der Waals surface area (Å²) in [6, 6.07) is 4.75. The summed E-state index contributed by atoms with van der Waals surface area (Å²) in [5.41, 5.74) is 0.537. The standard InChI is InChI=1S/C14H19ClFNO/c15-13-2-1-3-14(16)12(13)9-17-8-10-4-6-11(18)7-5-10/h1-3,10-11,17-18H,4-9H2. The fourth-order valence-electron chi connectivity index (χ4n) is 2.45. The maximum absolute atomic E-state index is 13.5. The van der Waals surface area contributed by atoms with Crippen LogP contribution in [-0.2, 0) is 6.54 Å². The topological polar surface area (TPSA) is 32.3 Å².